The van der Waals surface area contributed by atoms with Gasteiger partial charge in [0.2, 0.25) is 0 Å². The summed E-state index contributed by atoms with van der Waals surface area (Å²) in [4.78, 5) is 29.7. The first-order valence-corrected chi connectivity index (χ1v) is 10.5. The number of carbonyl (C=O) groups is 1. The summed E-state index contributed by atoms with van der Waals surface area (Å²) in [6, 6.07) is 12.6. The number of benzene rings is 2. The number of carbonyl (C=O) groups excluding carboxylic acids is 1. The van der Waals surface area contributed by atoms with Gasteiger partial charge in [0.05, 0.1) is 23.2 Å². The summed E-state index contributed by atoms with van der Waals surface area (Å²) < 4.78 is 7.41. The number of rotatable bonds is 6. The van der Waals surface area contributed by atoms with Gasteiger partial charge < -0.3 is 4.74 Å². The Morgan fingerprint density at radius 3 is 2.68 bits per heavy atom. The highest BCUT2D eigenvalue weighted by molar-refractivity contribution is 6.01. The fourth-order valence-corrected chi connectivity index (χ4v) is 3.54. The van der Waals surface area contributed by atoms with E-state index in [0.29, 0.717) is 41.2 Å². The number of hydrogen-bond acceptors (Lipinski definition) is 5. The number of hydrazone groups is 1. The van der Waals surface area contributed by atoms with E-state index in [1.54, 1.807) is 22.8 Å². The molecule has 1 aliphatic rings. The van der Waals surface area contributed by atoms with Crippen molar-refractivity contribution in [3.8, 4) is 5.75 Å². The lowest BCUT2D eigenvalue weighted by Gasteiger charge is -2.09. The number of ether oxygens (including phenoxy) is 1. The lowest BCUT2D eigenvalue weighted by Crippen LogP contribution is -2.22. The number of hydrogen-bond donors (Lipinski definition) is 1. The van der Waals surface area contributed by atoms with E-state index in [1.807, 2.05) is 31.2 Å². The minimum atomic E-state index is -0.347. The van der Waals surface area contributed by atoms with Gasteiger partial charge in [-0.2, -0.15) is 5.10 Å². The van der Waals surface area contributed by atoms with Crippen molar-refractivity contribution in [3.63, 3.8) is 0 Å². The summed E-state index contributed by atoms with van der Waals surface area (Å²) in [5.74, 6) is 1.70. The standard InChI is InChI=1S/C24H26N4O3/c1-15(2)14-31-19-9-6-17(7-10-19)16(3)26-27-23(29)18-8-11-20-21(13-18)25-22-5-4-12-28(22)24(20)30/h6-11,13,15H,4-5,12,14H2,1-3H3,(H,27,29)/b26-16-. The van der Waals surface area contributed by atoms with E-state index in [-0.39, 0.29) is 11.5 Å². The van der Waals surface area contributed by atoms with Crippen molar-refractivity contribution < 1.29 is 9.53 Å². The van der Waals surface area contributed by atoms with Gasteiger partial charge >= 0.3 is 0 Å². The van der Waals surface area contributed by atoms with E-state index in [4.69, 9.17) is 4.74 Å². The van der Waals surface area contributed by atoms with Crippen LogP contribution in [0.4, 0.5) is 0 Å². The highest BCUT2D eigenvalue weighted by Crippen LogP contribution is 2.17. The molecule has 7 heteroatoms. The molecule has 0 radical (unpaired) electrons. The molecular formula is C24H26N4O3. The van der Waals surface area contributed by atoms with Crippen molar-refractivity contribution in [2.45, 2.75) is 40.2 Å². The van der Waals surface area contributed by atoms with Gasteiger partial charge in [0.1, 0.15) is 11.6 Å². The predicted octanol–water partition coefficient (Wildman–Crippen LogP) is 3.53. The third-order valence-corrected chi connectivity index (χ3v) is 5.26. The second-order valence-electron chi connectivity index (χ2n) is 8.19. The zero-order chi connectivity index (χ0) is 22.0. The second kappa shape index (κ2) is 8.71. The maximum absolute atomic E-state index is 12.6. The minimum absolute atomic E-state index is 0.0425. The minimum Gasteiger partial charge on any atom is -0.493 e. The Kier molecular flexibility index (Phi) is 5.84. The summed E-state index contributed by atoms with van der Waals surface area (Å²) in [5.41, 5.74) is 5.08. The van der Waals surface area contributed by atoms with Gasteiger partial charge in [-0.05, 0) is 67.3 Å². The number of aryl methyl sites for hydroxylation is 1. The molecule has 7 nitrogen and oxygen atoms in total. The maximum atomic E-state index is 12.6. The fraction of sp³-hybridized carbons (Fsp3) is 0.333. The Labute approximate surface area is 180 Å². The van der Waals surface area contributed by atoms with Crippen molar-refractivity contribution in [3.05, 3.63) is 69.8 Å². The largest absolute Gasteiger partial charge is 0.493 e. The quantitative estimate of drug-likeness (QED) is 0.490. The first-order valence-electron chi connectivity index (χ1n) is 10.5. The molecule has 1 amide bonds. The number of nitrogens with one attached hydrogen (secondary N) is 1. The summed E-state index contributed by atoms with van der Waals surface area (Å²) >= 11 is 0. The Hall–Kier alpha value is -3.48. The Morgan fingerprint density at radius 1 is 1.19 bits per heavy atom. The zero-order valence-electron chi connectivity index (χ0n) is 18.0. The molecule has 160 valence electrons. The maximum Gasteiger partial charge on any atom is 0.271 e. The molecule has 0 saturated carbocycles. The Bertz CT molecular complexity index is 1210. The Balaban J connectivity index is 1.47. The fourth-order valence-electron chi connectivity index (χ4n) is 3.54. The molecule has 1 aliphatic heterocycles. The third kappa shape index (κ3) is 4.50. The highest BCUT2D eigenvalue weighted by atomic mass is 16.5. The van der Waals surface area contributed by atoms with Gasteiger partial charge in [-0.3, -0.25) is 14.2 Å². The molecule has 1 aromatic heterocycles. The van der Waals surface area contributed by atoms with Crippen LogP contribution >= 0.6 is 0 Å². The first kappa shape index (κ1) is 20.8. The van der Waals surface area contributed by atoms with Crippen LogP contribution in [0.5, 0.6) is 5.75 Å². The summed E-state index contributed by atoms with van der Waals surface area (Å²) in [6.45, 7) is 7.40. The molecule has 2 heterocycles. The SMILES string of the molecule is C/C(=N/NC(=O)c1ccc2c(=O)n3c(nc2c1)CCC3)c1ccc(OCC(C)C)cc1. The molecule has 0 saturated heterocycles. The van der Waals surface area contributed by atoms with E-state index >= 15 is 0 Å². The van der Waals surface area contributed by atoms with E-state index in [9.17, 15) is 9.59 Å². The lowest BCUT2D eigenvalue weighted by atomic mass is 10.1. The van der Waals surface area contributed by atoms with Gasteiger partial charge in [-0.25, -0.2) is 10.4 Å². The van der Waals surface area contributed by atoms with Gasteiger partial charge in [0.25, 0.3) is 11.5 Å². The molecule has 0 aliphatic carbocycles. The van der Waals surface area contributed by atoms with Crippen LogP contribution in [-0.4, -0.2) is 27.8 Å². The topological polar surface area (TPSA) is 85.6 Å². The van der Waals surface area contributed by atoms with Crippen molar-refractivity contribution >= 4 is 22.5 Å². The molecule has 1 N–H and O–H groups in total. The number of aromatic nitrogens is 2. The molecule has 0 fully saturated rings. The van der Waals surface area contributed by atoms with Crippen LogP contribution in [0, 0.1) is 5.92 Å². The molecule has 31 heavy (non-hydrogen) atoms. The van der Waals surface area contributed by atoms with E-state index in [0.717, 1.165) is 30.0 Å². The molecule has 0 bridgehead atoms. The highest BCUT2D eigenvalue weighted by Gasteiger charge is 2.17. The van der Waals surface area contributed by atoms with Crippen LogP contribution in [0.2, 0.25) is 0 Å². The van der Waals surface area contributed by atoms with E-state index < -0.39 is 0 Å². The number of amides is 1. The molecule has 2 aromatic carbocycles. The van der Waals surface area contributed by atoms with Crippen LogP contribution in [0.3, 0.4) is 0 Å². The molecule has 3 aromatic rings. The average molecular weight is 418 g/mol. The van der Waals surface area contributed by atoms with Crippen LogP contribution in [-0.2, 0) is 13.0 Å². The van der Waals surface area contributed by atoms with Gasteiger partial charge in [0.15, 0.2) is 0 Å². The van der Waals surface area contributed by atoms with Crippen LogP contribution < -0.4 is 15.7 Å². The molecule has 0 spiro atoms. The lowest BCUT2D eigenvalue weighted by molar-refractivity contribution is 0.0955. The van der Waals surface area contributed by atoms with Gasteiger partial charge in [-0.15, -0.1) is 0 Å². The van der Waals surface area contributed by atoms with Crippen molar-refractivity contribution in [2.75, 3.05) is 6.61 Å². The third-order valence-electron chi connectivity index (χ3n) is 5.26. The average Bonchev–Trinajstić information content (AvgIpc) is 3.24. The predicted molar refractivity (Wildman–Crippen MR) is 121 cm³/mol. The smallest absolute Gasteiger partial charge is 0.271 e. The van der Waals surface area contributed by atoms with Crippen LogP contribution in [0.1, 0.15) is 48.9 Å². The van der Waals surface area contributed by atoms with E-state index in [2.05, 4.69) is 29.4 Å². The molecular weight excluding hydrogens is 392 g/mol. The molecule has 4 rings (SSSR count). The summed E-state index contributed by atoms with van der Waals surface area (Å²) in [6.07, 6.45) is 1.71. The zero-order valence-corrected chi connectivity index (χ0v) is 18.0. The van der Waals surface area contributed by atoms with Gasteiger partial charge in [0, 0.05) is 18.5 Å². The monoisotopic (exact) mass is 418 g/mol. The normalized spacial score (nSPS) is 13.5. The van der Waals surface area contributed by atoms with Crippen LogP contribution in [0.25, 0.3) is 10.9 Å². The number of fused-ring (bicyclic) bond motifs is 2. The summed E-state index contributed by atoms with van der Waals surface area (Å²) in [7, 11) is 0. The first-order chi connectivity index (χ1) is 14.9. The molecule has 0 unspecified atom stereocenters. The van der Waals surface area contributed by atoms with E-state index in [1.165, 1.54) is 0 Å². The molecule has 0 atom stereocenters. The van der Waals surface area contributed by atoms with Gasteiger partial charge in [-0.1, -0.05) is 13.8 Å². The Morgan fingerprint density at radius 2 is 1.94 bits per heavy atom. The van der Waals surface area contributed by atoms with Crippen molar-refractivity contribution in [1.29, 1.82) is 0 Å². The second-order valence-corrected chi connectivity index (χ2v) is 8.19. The van der Waals surface area contributed by atoms with Crippen molar-refractivity contribution in [2.24, 2.45) is 11.0 Å². The van der Waals surface area contributed by atoms with Crippen LogP contribution in [0.15, 0.2) is 52.4 Å². The number of nitrogens with zero attached hydrogens (tertiary/aromatic N) is 3. The van der Waals surface area contributed by atoms with Crippen molar-refractivity contribution in [1.82, 2.24) is 15.0 Å². The summed E-state index contributed by atoms with van der Waals surface area (Å²) in [5, 5.41) is 4.75.